The average molecular weight is 348 g/mol. The Labute approximate surface area is 144 Å². The molecule has 0 radical (unpaired) electrons. The molecule has 1 spiro atoms. The number of fused-ring (bicyclic) bond motifs is 4. The zero-order valence-electron chi connectivity index (χ0n) is 14.2. The summed E-state index contributed by atoms with van der Waals surface area (Å²) in [6.07, 6.45) is -0.337. The molecule has 2 saturated carbocycles. The monoisotopic (exact) mass is 348 g/mol. The first-order valence-electron chi connectivity index (χ1n) is 8.90. The topological polar surface area (TPSA) is 97.9 Å². The molecule has 134 valence electrons. The Balaban J connectivity index is 1.58. The Morgan fingerprint density at radius 1 is 1.24 bits per heavy atom. The van der Waals surface area contributed by atoms with Crippen molar-refractivity contribution in [2.45, 2.75) is 69.4 Å². The van der Waals surface area contributed by atoms with Crippen molar-refractivity contribution in [1.29, 1.82) is 0 Å². The molecule has 0 aromatic rings. The maximum Gasteiger partial charge on any atom is 0.331 e. The molecule has 6 rings (SSSR count). The number of rotatable bonds is 1. The second-order valence-electron chi connectivity index (χ2n) is 8.83. The Morgan fingerprint density at radius 2 is 2.00 bits per heavy atom. The Kier molecular flexibility index (Phi) is 2.23. The fraction of sp³-hybridized carbons (Fsp3) is 0.778. The lowest BCUT2D eigenvalue weighted by Gasteiger charge is -2.52. The van der Waals surface area contributed by atoms with Gasteiger partial charge in [0.2, 0.25) is 0 Å². The van der Waals surface area contributed by atoms with Gasteiger partial charge < -0.3 is 24.1 Å². The summed E-state index contributed by atoms with van der Waals surface area (Å²) in [4.78, 5) is 25.0. The minimum Gasteiger partial charge on any atom is -0.459 e. The summed E-state index contributed by atoms with van der Waals surface area (Å²) >= 11 is 0. The molecule has 0 aromatic carbocycles. The van der Waals surface area contributed by atoms with E-state index in [0.29, 0.717) is 6.42 Å². The second-order valence-corrected chi connectivity index (χ2v) is 8.83. The van der Waals surface area contributed by atoms with E-state index in [9.17, 15) is 14.7 Å². The number of ether oxygens (including phenoxy) is 4. The molecule has 4 heterocycles. The normalized spacial score (nSPS) is 60.9. The Hall–Kier alpha value is -1.44. The molecule has 10 atom stereocenters. The van der Waals surface area contributed by atoms with E-state index in [1.54, 1.807) is 6.92 Å². The first-order chi connectivity index (χ1) is 11.7. The van der Waals surface area contributed by atoms with Crippen molar-refractivity contribution in [3.8, 4) is 0 Å². The molecule has 0 aromatic heterocycles. The summed E-state index contributed by atoms with van der Waals surface area (Å²) in [5.74, 6) is -0.818. The lowest BCUT2D eigenvalue weighted by atomic mass is 9.47. The van der Waals surface area contributed by atoms with Gasteiger partial charge in [-0.25, -0.2) is 4.79 Å². The molecule has 3 saturated heterocycles. The van der Waals surface area contributed by atoms with Gasteiger partial charge in [0.1, 0.15) is 23.7 Å². The minimum absolute atomic E-state index is 0.00579. The summed E-state index contributed by atoms with van der Waals surface area (Å²) in [7, 11) is 0. The van der Waals surface area contributed by atoms with Gasteiger partial charge in [-0.05, 0) is 25.8 Å². The van der Waals surface area contributed by atoms with Gasteiger partial charge in [0.05, 0.1) is 12.2 Å². The van der Waals surface area contributed by atoms with Crippen LogP contribution >= 0.6 is 0 Å². The van der Waals surface area contributed by atoms with Crippen molar-refractivity contribution < 1.29 is 33.6 Å². The summed E-state index contributed by atoms with van der Waals surface area (Å²) < 4.78 is 23.2. The number of cyclic esters (lactones) is 1. The molecular weight excluding hydrogens is 328 g/mol. The number of hydrogen-bond donors (Lipinski definition) is 1. The van der Waals surface area contributed by atoms with E-state index in [0.717, 1.165) is 5.57 Å². The molecule has 25 heavy (non-hydrogen) atoms. The lowest BCUT2D eigenvalue weighted by molar-refractivity contribution is -0.158. The number of esters is 2. The number of hydrogen-bond acceptors (Lipinski definition) is 7. The first kappa shape index (κ1) is 14.7. The average Bonchev–Trinajstić information content (AvgIpc) is 3.41. The zero-order chi connectivity index (χ0) is 17.5. The Bertz CT molecular complexity index is 773. The maximum atomic E-state index is 12.8. The summed E-state index contributed by atoms with van der Waals surface area (Å²) in [6, 6.07) is 0. The summed E-state index contributed by atoms with van der Waals surface area (Å²) in [6.45, 7) is 5.59. The van der Waals surface area contributed by atoms with E-state index in [1.165, 1.54) is 6.08 Å². The van der Waals surface area contributed by atoms with Crippen LogP contribution in [0.3, 0.4) is 0 Å². The lowest BCUT2D eigenvalue weighted by Crippen LogP contribution is -2.62. The van der Waals surface area contributed by atoms with Crippen LogP contribution in [-0.4, -0.2) is 59.3 Å². The van der Waals surface area contributed by atoms with E-state index in [-0.39, 0.29) is 30.2 Å². The molecule has 6 aliphatic rings. The first-order valence-corrected chi connectivity index (χ1v) is 8.90. The van der Waals surface area contributed by atoms with Gasteiger partial charge >= 0.3 is 11.9 Å². The van der Waals surface area contributed by atoms with E-state index in [2.05, 4.69) is 6.92 Å². The van der Waals surface area contributed by atoms with Crippen molar-refractivity contribution in [1.82, 2.24) is 0 Å². The fourth-order valence-electron chi connectivity index (χ4n) is 6.62. The molecule has 0 bridgehead atoms. The highest BCUT2D eigenvalue weighted by Crippen LogP contribution is 2.75. The number of aliphatic hydroxyl groups is 1. The molecule has 1 unspecified atom stereocenters. The SMILES string of the molecule is CC(O)[C@H]1OC(=O)C=C2[C@@]13O[C@@H]3[C@H]1OC(=O)[C@@]3(C)[C@H]4O[C@H]4C[C@@]2(C)[C@@H]13. The van der Waals surface area contributed by atoms with Crippen molar-refractivity contribution in [2.75, 3.05) is 0 Å². The Morgan fingerprint density at radius 3 is 2.72 bits per heavy atom. The maximum absolute atomic E-state index is 12.8. The van der Waals surface area contributed by atoms with Crippen molar-refractivity contribution in [2.24, 2.45) is 16.7 Å². The van der Waals surface area contributed by atoms with Crippen LogP contribution < -0.4 is 0 Å². The van der Waals surface area contributed by atoms with Gasteiger partial charge in [-0.2, -0.15) is 0 Å². The van der Waals surface area contributed by atoms with Crippen LogP contribution in [0.25, 0.3) is 0 Å². The molecule has 1 N–H and O–H groups in total. The van der Waals surface area contributed by atoms with E-state index < -0.39 is 40.7 Å². The highest BCUT2D eigenvalue weighted by atomic mass is 16.7. The van der Waals surface area contributed by atoms with Crippen LogP contribution in [-0.2, 0) is 28.5 Å². The molecule has 0 amide bonds. The van der Waals surface area contributed by atoms with Crippen LogP contribution in [0.4, 0.5) is 0 Å². The summed E-state index contributed by atoms with van der Waals surface area (Å²) in [5, 5.41) is 10.2. The molecule has 5 fully saturated rings. The van der Waals surface area contributed by atoms with Crippen LogP contribution in [0.15, 0.2) is 11.6 Å². The van der Waals surface area contributed by atoms with Gasteiger partial charge in [-0.15, -0.1) is 0 Å². The van der Waals surface area contributed by atoms with Gasteiger partial charge in [-0.3, -0.25) is 4.79 Å². The molecular formula is C18H20O7. The van der Waals surface area contributed by atoms with Gasteiger partial charge in [-0.1, -0.05) is 6.92 Å². The fourth-order valence-corrected chi connectivity index (χ4v) is 6.62. The highest BCUT2D eigenvalue weighted by Gasteiger charge is 2.86. The standard InChI is InChI=1S/C18H20O7/c1-6(19)12-18-8(4-9(20)23-12)16(2)5-7-13(22-7)17(3)11(16)10(14(18)25-18)24-15(17)21/h4,6-7,10-14,19H,5H2,1-3H3/t6?,7-,10-,11+,12+,13-,14+,16+,17+,18+/m0/s1. The molecule has 7 heteroatoms. The minimum atomic E-state index is -0.884. The van der Waals surface area contributed by atoms with Gasteiger partial charge in [0.15, 0.2) is 11.7 Å². The van der Waals surface area contributed by atoms with E-state index >= 15 is 0 Å². The zero-order valence-corrected chi connectivity index (χ0v) is 14.2. The third kappa shape index (κ3) is 1.33. The van der Waals surface area contributed by atoms with Gasteiger partial charge in [0.25, 0.3) is 0 Å². The highest BCUT2D eigenvalue weighted by molar-refractivity contribution is 5.87. The van der Waals surface area contributed by atoms with Crippen molar-refractivity contribution in [3.63, 3.8) is 0 Å². The molecule has 4 aliphatic heterocycles. The number of epoxide rings is 2. The molecule has 2 aliphatic carbocycles. The second kappa shape index (κ2) is 3.80. The third-order valence-electron chi connectivity index (χ3n) is 7.53. The number of aliphatic hydroxyl groups excluding tert-OH is 1. The predicted octanol–water partition coefficient (Wildman–Crippen LogP) is 0.0955. The number of carbonyl (C=O) groups is 2. The van der Waals surface area contributed by atoms with Crippen LogP contribution in [0.2, 0.25) is 0 Å². The predicted molar refractivity (Wildman–Crippen MR) is 80.1 cm³/mol. The largest absolute Gasteiger partial charge is 0.459 e. The third-order valence-corrected chi connectivity index (χ3v) is 7.53. The summed E-state index contributed by atoms with van der Waals surface area (Å²) in [5.41, 5.74) is -1.23. The number of carbonyl (C=O) groups excluding carboxylic acids is 2. The van der Waals surface area contributed by atoms with Crippen LogP contribution in [0.5, 0.6) is 0 Å². The van der Waals surface area contributed by atoms with Crippen molar-refractivity contribution in [3.05, 3.63) is 11.6 Å². The van der Waals surface area contributed by atoms with E-state index in [4.69, 9.17) is 18.9 Å². The quantitative estimate of drug-likeness (QED) is 0.530. The van der Waals surface area contributed by atoms with Crippen molar-refractivity contribution >= 4 is 11.9 Å². The smallest absolute Gasteiger partial charge is 0.331 e. The van der Waals surface area contributed by atoms with Gasteiger partial charge in [0, 0.05) is 17.4 Å². The van der Waals surface area contributed by atoms with Crippen LogP contribution in [0.1, 0.15) is 27.2 Å². The molecule has 7 nitrogen and oxygen atoms in total. The van der Waals surface area contributed by atoms with E-state index in [1.807, 2.05) is 6.92 Å². The van der Waals surface area contributed by atoms with Crippen LogP contribution in [0, 0.1) is 16.7 Å².